The topological polar surface area (TPSA) is 32.8 Å². The Morgan fingerprint density at radius 2 is 1.50 bits per heavy atom. The second-order valence-electron chi connectivity index (χ2n) is 10.2. The van der Waals surface area contributed by atoms with Crippen molar-refractivity contribution in [2.45, 2.75) is 76.9 Å². The molecule has 28 heavy (non-hydrogen) atoms. The van der Waals surface area contributed by atoms with Gasteiger partial charge in [-0.1, -0.05) is 30.3 Å². The van der Waals surface area contributed by atoms with E-state index in [9.17, 15) is 4.79 Å². The zero-order valence-corrected chi connectivity index (χ0v) is 17.9. The van der Waals surface area contributed by atoms with Gasteiger partial charge in [-0.2, -0.15) is 0 Å². The summed E-state index contributed by atoms with van der Waals surface area (Å²) in [6, 6.07) is 11.2. The van der Waals surface area contributed by atoms with Gasteiger partial charge in [-0.05, 0) is 76.7 Å². The van der Waals surface area contributed by atoms with E-state index in [2.05, 4.69) is 35.2 Å². The molecule has 1 aromatic carbocycles. The van der Waals surface area contributed by atoms with Gasteiger partial charge in [-0.25, -0.2) is 4.79 Å². The summed E-state index contributed by atoms with van der Waals surface area (Å²) in [5, 5.41) is 0. The van der Waals surface area contributed by atoms with Crippen molar-refractivity contribution >= 4 is 6.09 Å². The molecule has 154 valence electrons. The number of nitrogens with zero attached hydrogens (tertiary/aromatic N) is 2. The molecule has 1 spiro atoms. The van der Waals surface area contributed by atoms with Gasteiger partial charge < -0.3 is 9.64 Å². The molecule has 0 N–H and O–H groups in total. The Balaban J connectivity index is 1.40. The molecule has 4 nitrogen and oxygen atoms in total. The molecule has 0 bridgehead atoms. The van der Waals surface area contributed by atoms with E-state index in [4.69, 9.17) is 4.74 Å². The molecule has 1 amide bonds. The van der Waals surface area contributed by atoms with Crippen LogP contribution >= 0.6 is 0 Å². The SMILES string of the molecule is CC(C)(C)OC(=O)N1CCC2(CC1)CCC(c1ccccc1)(N1CCC1)CC2. The fraction of sp³-hybridized carbons (Fsp3) is 0.708. The number of amides is 1. The first-order valence-electron chi connectivity index (χ1n) is 11.1. The minimum atomic E-state index is -0.413. The predicted octanol–water partition coefficient (Wildman–Crippen LogP) is 5.18. The summed E-state index contributed by atoms with van der Waals surface area (Å²) in [5.41, 5.74) is 1.76. The van der Waals surface area contributed by atoms with Crippen LogP contribution in [0.25, 0.3) is 0 Å². The smallest absolute Gasteiger partial charge is 0.410 e. The Morgan fingerprint density at radius 1 is 0.893 bits per heavy atom. The largest absolute Gasteiger partial charge is 0.444 e. The Hall–Kier alpha value is -1.55. The molecular formula is C24H36N2O2. The highest BCUT2D eigenvalue weighted by Crippen LogP contribution is 2.53. The molecule has 1 aliphatic carbocycles. The van der Waals surface area contributed by atoms with Crippen LogP contribution in [0.3, 0.4) is 0 Å². The first kappa shape index (κ1) is 19.8. The Labute approximate surface area is 170 Å². The lowest BCUT2D eigenvalue weighted by molar-refractivity contribution is -0.0515. The van der Waals surface area contributed by atoms with Crippen LogP contribution in [-0.4, -0.2) is 47.7 Å². The van der Waals surface area contributed by atoms with Gasteiger partial charge in [0.25, 0.3) is 0 Å². The van der Waals surface area contributed by atoms with E-state index >= 15 is 0 Å². The summed E-state index contributed by atoms with van der Waals surface area (Å²) in [7, 11) is 0. The van der Waals surface area contributed by atoms with Crippen molar-refractivity contribution in [3.63, 3.8) is 0 Å². The van der Waals surface area contributed by atoms with Crippen LogP contribution in [0.4, 0.5) is 4.79 Å². The van der Waals surface area contributed by atoms with E-state index in [0.29, 0.717) is 5.41 Å². The maximum absolute atomic E-state index is 12.4. The molecule has 1 saturated carbocycles. The van der Waals surface area contributed by atoms with E-state index in [1.165, 1.54) is 50.8 Å². The Bertz CT molecular complexity index is 672. The van der Waals surface area contributed by atoms with E-state index in [1.54, 1.807) is 0 Å². The average Bonchev–Trinajstić information content (AvgIpc) is 2.62. The minimum absolute atomic E-state index is 0.141. The molecule has 3 fully saturated rings. The molecule has 2 saturated heterocycles. The van der Waals surface area contributed by atoms with Crippen LogP contribution in [0.15, 0.2) is 30.3 Å². The number of hydrogen-bond donors (Lipinski definition) is 0. The molecule has 0 atom stereocenters. The number of likely N-dealkylation sites (tertiary alicyclic amines) is 2. The predicted molar refractivity (Wildman–Crippen MR) is 112 cm³/mol. The van der Waals surface area contributed by atoms with Crippen LogP contribution in [0.2, 0.25) is 0 Å². The monoisotopic (exact) mass is 384 g/mol. The number of ether oxygens (including phenoxy) is 1. The molecule has 3 aliphatic rings. The Kier molecular flexibility index (Phi) is 5.20. The molecule has 0 aromatic heterocycles. The van der Waals surface area contributed by atoms with Gasteiger partial charge in [0.05, 0.1) is 0 Å². The van der Waals surface area contributed by atoms with Crippen molar-refractivity contribution in [2.75, 3.05) is 26.2 Å². The summed E-state index contributed by atoms with van der Waals surface area (Å²) in [6.07, 6.45) is 8.50. The second kappa shape index (κ2) is 7.37. The van der Waals surface area contributed by atoms with E-state index < -0.39 is 5.60 Å². The number of piperidine rings is 1. The van der Waals surface area contributed by atoms with Crippen molar-refractivity contribution in [1.82, 2.24) is 9.80 Å². The van der Waals surface area contributed by atoms with Crippen molar-refractivity contribution in [1.29, 1.82) is 0 Å². The quantitative estimate of drug-likeness (QED) is 0.704. The molecule has 1 aromatic rings. The highest BCUT2D eigenvalue weighted by molar-refractivity contribution is 5.68. The maximum Gasteiger partial charge on any atom is 0.410 e. The van der Waals surface area contributed by atoms with Gasteiger partial charge in [-0.3, -0.25) is 4.90 Å². The number of benzene rings is 1. The van der Waals surface area contributed by atoms with E-state index in [1.807, 2.05) is 25.7 Å². The van der Waals surface area contributed by atoms with Crippen LogP contribution in [0, 0.1) is 5.41 Å². The third kappa shape index (κ3) is 3.80. The summed E-state index contributed by atoms with van der Waals surface area (Å²) in [6.45, 7) is 10.00. The fourth-order valence-corrected chi connectivity index (χ4v) is 5.46. The minimum Gasteiger partial charge on any atom is -0.444 e. The standard InChI is InChI=1S/C24H36N2O2/c1-22(2,3)28-21(27)25-18-14-23(15-19-25)10-12-24(13-11-23,26-16-7-17-26)20-8-5-4-6-9-20/h4-6,8-9H,7,10-19H2,1-3H3. The zero-order valence-electron chi connectivity index (χ0n) is 17.9. The molecule has 0 unspecified atom stereocenters. The van der Waals surface area contributed by atoms with Crippen molar-refractivity contribution < 1.29 is 9.53 Å². The van der Waals surface area contributed by atoms with Gasteiger partial charge in [0.2, 0.25) is 0 Å². The third-order valence-electron chi connectivity index (χ3n) is 7.39. The lowest BCUT2D eigenvalue weighted by Gasteiger charge is -2.56. The lowest BCUT2D eigenvalue weighted by atomic mass is 9.61. The lowest BCUT2D eigenvalue weighted by Crippen LogP contribution is -2.56. The zero-order chi connectivity index (χ0) is 19.8. The van der Waals surface area contributed by atoms with Gasteiger partial charge >= 0.3 is 6.09 Å². The number of rotatable bonds is 2. The Morgan fingerprint density at radius 3 is 2.00 bits per heavy atom. The number of hydrogen-bond acceptors (Lipinski definition) is 3. The second-order valence-corrected chi connectivity index (χ2v) is 10.2. The van der Waals surface area contributed by atoms with Crippen LogP contribution in [0.5, 0.6) is 0 Å². The fourth-order valence-electron chi connectivity index (χ4n) is 5.46. The van der Waals surface area contributed by atoms with Crippen molar-refractivity contribution in [2.24, 2.45) is 5.41 Å². The van der Waals surface area contributed by atoms with E-state index in [-0.39, 0.29) is 11.6 Å². The molecule has 2 aliphatic heterocycles. The maximum atomic E-state index is 12.4. The third-order valence-corrected chi connectivity index (χ3v) is 7.39. The molecular weight excluding hydrogens is 348 g/mol. The molecule has 4 rings (SSSR count). The van der Waals surface area contributed by atoms with Gasteiger partial charge in [0, 0.05) is 31.7 Å². The normalized spacial score (nSPS) is 24.6. The number of carbonyl (C=O) groups is 1. The summed E-state index contributed by atoms with van der Waals surface area (Å²) >= 11 is 0. The van der Waals surface area contributed by atoms with Gasteiger partial charge in [0.1, 0.15) is 5.60 Å². The first-order valence-corrected chi connectivity index (χ1v) is 11.1. The molecule has 2 heterocycles. The van der Waals surface area contributed by atoms with Crippen LogP contribution < -0.4 is 0 Å². The first-order chi connectivity index (χ1) is 13.3. The summed E-state index contributed by atoms with van der Waals surface area (Å²) in [4.78, 5) is 17.1. The highest BCUT2D eigenvalue weighted by atomic mass is 16.6. The summed E-state index contributed by atoms with van der Waals surface area (Å²) in [5.74, 6) is 0. The molecule has 4 heteroatoms. The van der Waals surface area contributed by atoms with Gasteiger partial charge in [0.15, 0.2) is 0 Å². The van der Waals surface area contributed by atoms with Crippen LogP contribution in [0.1, 0.15) is 71.3 Å². The van der Waals surface area contributed by atoms with Crippen molar-refractivity contribution in [3.8, 4) is 0 Å². The number of carbonyl (C=O) groups excluding carboxylic acids is 1. The molecule has 0 radical (unpaired) electrons. The average molecular weight is 385 g/mol. The van der Waals surface area contributed by atoms with E-state index in [0.717, 1.165) is 25.9 Å². The highest BCUT2D eigenvalue weighted by Gasteiger charge is 2.49. The van der Waals surface area contributed by atoms with Crippen molar-refractivity contribution in [3.05, 3.63) is 35.9 Å². The summed E-state index contributed by atoms with van der Waals surface area (Å²) < 4.78 is 5.58. The van der Waals surface area contributed by atoms with Gasteiger partial charge in [-0.15, -0.1) is 0 Å². The van der Waals surface area contributed by atoms with Crippen LogP contribution in [-0.2, 0) is 10.3 Å².